The molecule has 0 aliphatic carbocycles. The summed E-state index contributed by atoms with van der Waals surface area (Å²) in [6, 6.07) is 0. The fraction of sp³-hybridized carbons (Fsp3) is 0.429. The van der Waals surface area contributed by atoms with E-state index < -0.39 is 0 Å². The van der Waals surface area contributed by atoms with Crippen LogP contribution in [-0.4, -0.2) is 11.3 Å². The van der Waals surface area contributed by atoms with E-state index in [9.17, 15) is 4.79 Å². The molecule has 3 nitrogen and oxygen atoms in total. The number of carbonyl (C=O) groups is 1. The first-order valence-corrected chi connectivity index (χ1v) is 2.63. The van der Waals surface area contributed by atoms with Crippen molar-refractivity contribution in [1.29, 1.82) is 0 Å². The van der Waals surface area contributed by atoms with Crippen LogP contribution in [0.3, 0.4) is 0 Å². The standard InChI is InChI=1S/C6H7NO2.CH4/c1-4-6(3-8)7-5(2)9-4;/h3H,1-2H3;1H4. The second-order valence-corrected chi connectivity index (χ2v) is 1.79. The summed E-state index contributed by atoms with van der Waals surface area (Å²) in [6.45, 7) is 3.42. The van der Waals surface area contributed by atoms with Crippen LogP contribution in [0.5, 0.6) is 0 Å². The van der Waals surface area contributed by atoms with Gasteiger partial charge in [-0.2, -0.15) is 0 Å². The summed E-state index contributed by atoms with van der Waals surface area (Å²) in [5.41, 5.74) is 0.396. The van der Waals surface area contributed by atoms with Gasteiger partial charge in [-0.15, -0.1) is 0 Å². The summed E-state index contributed by atoms with van der Waals surface area (Å²) in [7, 11) is 0. The molecular formula is C7H11NO2. The van der Waals surface area contributed by atoms with E-state index in [1.165, 1.54) is 0 Å². The van der Waals surface area contributed by atoms with Crippen molar-refractivity contribution in [1.82, 2.24) is 4.98 Å². The van der Waals surface area contributed by atoms with Crippen molar-refractivity contribution in [2.45, 2.75) is 21.3 Å². The van der Waals surface area contributed by atoms with E-state index in [2.05, 4.69) is 4.98 Å². The molecule has 1 heterocycles. The second-order valence-electron chi connectivity index (χ2n) is 1.79. The Labute approximate surface area is 60.1 Å². The Bertz CT molecular complexity index is 228. The number of hydrogen-bond donors (Lipinski definition) is 0. The smallest absolute Gasteiger partial charge is 0.191 e. The molecule has 0 aromatic carbocycles. The maximum Gasteiger partial charge on any atom is 0.191 e. The van der Waals surface area contributed by atoms with E-state index in [0.717, 1.165) is 0 Å². The fourth-order valence-corrected chi connectivity index (χ4v) is 0.654. The molecule has 0 fully saturated rings. The Morgan fingerprint density at radius 2 is 2.10 bits per heavy atom. The van der Waals surface area contributed by atoms with Crippen LogP contribution < -0.4 is 0 Å². The number of aromatic nitrogens is 1. The van der Waals surface area contributed by atoms with E-state index in [1.807, 2.05) is 0 Å². The first-order valence-electron chi connectivity index (χ1n) is 2.63. The Morgan fingerprint density at radius 3 is 2.30 bits per heavy atom. The van der Waals surface area contributed by atoms with Crippen LogP contribution in [0, 0.1) is 13.8 Å². The summed E-state index contributed by atoms with van der Waals surface area (Å²) in [6.07, 6.45) is 0.686. The monoisotopic (exact) mass is 141 g/mol. The van der Waals surface area contributed by atoms with Gasteiger partial charge in [-0.3, -0.25) is 4.79 Å². The third-order valence-corrected chi connectivity index (χ3v) is 1.05. The van der Waals surface area contributed by atoms with Crippen LogP contribution in [0.2, 0.25) is 0 Å². The number of rotatable bonds is 1. The molecule has 1 aromatic rings. The zero-order valence-corrected chi connectivity index (χ0v) is 5.34. The molecule has 0 saturated carbocycles. The molecule has 0 bridgehead atoms. The molecule has 0 aliphatic heterocycles. The minimum atomic E-state index is 0. The minimum absolute atomic E-state index is 0. The predicted molar refractivity (Wildman–Crippen MR) is 38.1 cm³/mol. The average Bonchev–Trinajstić information content (AvgIpc) is 2.10. The van der Waals surface area contributed by atoms with Crippen LogP contribution in [0.1, 0.15) is 29.6 Å². The first kappa shape index (κ1) is 8.88. The van der Waals surface area contributed by atoms with E-state index in [-0.39, 0.29) is 7.43 Å². The Morgan fingerprint density at radius 1 is 1.50 bits per heavy atom. The first-order chi connectivity index (χ1) is 4.24. The summed E-state index contributed by atoms with van der Waals surface area (Å²) in [4.78, 5) is 13.9. The van der Waals surface area contributed by atoms with E-state index >= 15 is 0 Å². The van der Waals surface area contributed by atoms with Crippen LogP contribution >= 0.6 is 0 Å². The molecule has 0 saturated heterocycles. The van der Waals surface area contributed by atoms with Crippen LogP contribution in [-0.2, 0) is 0 Å². The third kappa shape index (κ3) is 1.43. The largest absolute Gasteiger partial charge is 0.446 e. The molecule has 0 unspecified atom stereocenters. The molecule has 0 atom stereocenters. The fourth-order valence-electron chi connectivity index (χ4n) is 0.654. The van der Waals surface area contributed by atoms with Gasteiger partial charge in [0.15, 0.2) is 12.2 Å². The maximum absolute atomic E-state index is 10.1. The van der Waals surface area contributed by atoms with Crippen molar-refractivity contribution in [2.75, 3.05) is 0 Å². The van der Waals surface area contributed by atoms with E-state index in [1.54, 1.807) is 13.8 Å². The highest BCUT2D eigenvalue weighted by molar-refractivity contribution is 5.72. The molecule has 1 rings (SSSR count). The SMILES string of the molecule is C.Cc1nc(C=O)c(C)o1. The van der Waals surface area contributed by atoms with Gasteiger partial charge in [-0.05, 0) is 6.92 Å². The Balaban J connectivity index is 0.000000810. The lowest BCUT2D eigenvalue weighted by Gasteiger charge is -1.76. The normalized spacial score (nSPS) is 8.60. The zero-order chi connectivity index (χ0) is 6.85. The van der Waals surface area contributed by atoms with Gasteiger partial charge >= 0.3 is 0 Å². The van der Waals surface area contributed by atoms with Crippen molar-refractivity contribution >= 4 is 6.29 Å². The minimum Gasteiger partial charge on any atom is -0.446 e. The van der Waals surface area contributed by atoms with Crippen molar-refractivity contribution in [3.63, 3.8) is 0 Å². The second kappa shape index (κ2) is 3.15. The van der Waals surface area contributed by atoms with Crippen molar-refractivity contribution in [2.24, 2.45) is 0 Å². The molecule has 0 radical (unpaired) electrons. The lowest BCUT2D eigenvalue weighted by atomic mass is 10.4. The molecule has 3 heteroatoms. The van der Waals surface area contributed by atoms with Crippen LogP contribution in [0.4, 0.5) is 0 Å². The molecule has 10 heavy (non-hydrogen) atoms. The Hall–Kier alpha value is -1.12. The average molecular weight is 141 g/mol. The number of oxazole rings is 1. The number of aldehydes is 1. The number of aryl methyl sites for hydroxylation is 2. The molecule has 0 N–H and O–H groups in total. The van der Waals surface area contributed by atoms with Crippen molar-refractivity contribution < 1.29 is 9.21 Å². The maximum atomic E-state index is 10.1. The lowest BCUT2D eigenvalue weighted by Crippen LogP contribution is -1.80. The quantitative estimate of drug-likeness (QED) is 0.559. The molecule has 0 aliphatic rings. The molecular weight excluding hydrogens is 130 g/mol. The van der Waals surface area contributed by atoms with Gasteiger partial charge in [0.25, 0.3) is 0 Å². The molecule has 1 aromatic heterocycles. The summed E-state index contributed by atoms with van der Waals surface area (Å²) < 4.78 is 4.96. The van der Waals surface area contributed by atoms with Gasteiger partial charge in [-0.1, -0.05) is 7.43 Å². The van der Waals surface area contributed by atoms with Crippen molar-refractivity contribution in [3.05, 3.63) is 17.3 Å². The molecule has 0 amide bonds. The van der Waals surface area contributed by atoms with Crippen LogP contribution in [0.25, 0.3) is 0 Å². The van der Waals surface area contributed by atoms with Crippen LogP contribution in [0.15, 0.2) is 4.42 Å². The summed E-state index contributed by atoms with van der Waals surface area (Å²) in [5.74, 6) is 1.12. The highest BCUT2D eigenvalue weighted by atomic mass is 16.4. The number of carbonyl (C=O) groups excluding carboxylic acids is 1. The summed E-state index contributed by atoms with van der Waals surface area (Å²) >= 11 is 0. The number of hydrogen-bond acceptors (Lipinski definition) is 3. The van der Waals surface area contributed by atoms with Gasteiger partial charge < -0.3 is 4.42 Å². The Kier molecular flexibility index (Phi) is 2.80. The molecule has 56 valence electrons. The lowest BCUT2D eigenvalue weighted by molar-refractivity contribution is 0.111. The predicted octanol–water partition coefficient (Wildman–Crippen LogP) is 1.74. The van der Waals surface area contributed by atoms with Gasteiger partial charge in [-0.25, -0.2) is 4.98 Å². The topological polar surface area (TPSA) is 43.1 Å². The van der Waals surface area contributed by atoms with E-state index in [4.69, 9.17) is 4.42 Å². The van der Waals surface area contributed by atoms with Gasteiger partial charge in [0, 0.05) is 6.92 Å². The highest BCUT2D eigenvalue weighted by Gasteiger charge is 2.02. The number of nitrogens with zero attached hydrogens (tertiary/aromatic N) is 1. The van der Waals surface area contributed by atoms with Gasteiger partial charge in [0.05, 0.1) is 0 Å². The van der Waals surface area contributed by atoms with E-state index in [0.29, 0.717) is 23.6 Å². The highest BCUT2D eigenvalue weighted by Crippen LogP contribution is 2.04. The summed E-state index contributed by atoms with van der Waals surface area (Å²) in [5, 5.41) is 0. The van der Waals surface area contributed by atoms with Gasteiger partial charge in [0.1, 0.15) is 11.5 Å². The molecule has 0 spiro atoms. The van der Waals surface area contributed by atoms with Gasteiger partial charge in [0.2, 0.25) is 0 Å². The third-order valence-electron chi connectivity index (χ3n) is 1.05. The zero-order valence-electron chi connectivity index (χ0n) is 5.34. The van der Waals surface area contributed by atoms with Crippen molar-refractivity contribution in [3.8, 4) is 0 Å².